The van der Waals surface area contributed by atoms with Gasteiger partial charge in [-0.1, -0.05) is 25.7 Å². The van der Waals surface area contributed by atoms with E-state index in [2.05, 4.69) is 19.5 Å². The van der Waals surface area contributed by atoms with E-state index < -0.39 is 0 Å². The number of nitrogens with zero attached hydrogens (tertiary/aromatic N) is 4. The topological polar surface area (TPSA) is 88.1 Å². The standard InChI is InChI=1S/C14H20IN5O2/c15-22-8-7-21-13-11-12(18-14(16)19-13)20(9-17-11)10-5-3-1-2-4-6-10/h9-10H,1-8H2,(H2,16,18,19). The van der Waals surface area contributed by atoms with Crippen molar-refractivity contribution in [2.75, 3.05) is 18.9 Å². The average molecular weight is 417 g/mol. The molecule has 0 spiro atoms. The van der Waals surface area contributed by atoms with Crippen LogP contribution in [0, 0.1) is 0 Å². The summed E-state index contributed by atoms with van der Waals surface area (Å²) < 4.78 is 12.7. The Morgan fingerprint density at radius 1 is 1.18 bits per heavy atom. The predicted molar refractivity (Wildman–Crippen MR) is 91.9 cm³/mol. The maximum Gasteiger partial charge on any atom is 0.247 e. The maximum atomic E-state index is 5.84. The SMILES string of the molecule is Nc1nc(OCCOI)c2ncn(C3CCCCCC3)c2n1. The third-order valence-electron chi connectivity index (χ3n) is 4.02. The Hall–Kier alpha value is -1.16. The van der Waals surface area contributed by atoms with Crippen molar-refractivity contribution in [3.63, 3.8) is 0 Å². The molecule has 0 aliphatic heterocycles. The molecular formula is C14H20IN5O2. The minimum atomic E-state index is 0.216. The van der Waals surface area contributed by atoms with E-state index in [-0.39, 0.29) is 5.95 Å². The van der Waals surface area contributed by atoms with Crippen LogP contribution in [0.5, 0.6) is 5.88 Å². The Bertz CT molecular complexity index is 625. The van der Waals surface area contributed by atoms with Crippen molar-refractivity contribution in [3.8, 4) is 5.88 Å². The number of nitrogens with two attached hydrogens (primary N) is 1. The summed E-state index contributed by atoms with van der Waals surface area (Å²) in [5.74, 6) is 0.650. The van der Waals surface area contributed by atoms with E-state index in [4.69, 9.17) is 13.5 Å². The second-order valence-corrected chi connectivity index (χ2v) is 6.14. The van der Waals surface area contributed by atoms with Gasteiger partial charge in [0.15, 0.2) is 11.2 Å². The lowest BCUT2D eigenvalue weighted by Crippen LogP contribution is -2.10. The number of hydrogen-bond donors (Lipinski definition) is 1. The molecule has 0 bridgehead atoms. The number of anilines is 1. The zero-order chi connectivity index (χ0) is 15.4. The summed E-state index contributed by atoms with van der Waals surface area (Å²) in [6.45, 7) is 0.889. The van der Waals surface area contributed by atoms with E-state index in [0.717, 1.165) is 18.5 Å². The van der Waals surface area contributed by atoms with Gasteiger partial charge in [-0.15, -0.1) is 0 Å². The molecule has 7 nitrogen and oxygen atoms in total. The van der Waals surface area contributed by atoms with E-state index in [0.29, 0.717) is 30.7 Å². The zero-order valence-electron chi connectivity index (χ0n) is 12.4. The molecule has 0 aromatic carbocycles. The Morgan fingerprint density at radius 3 is 2.68 bits per heavy atom. The first-order valence-corrected chi connectivity index (χ1v) is 8.54. The number of imidazole rings is 1. The van der Waals surface area contributed by atoms with Gasteiger partial charge in [0.05, 0.1) is 12.9 Å². The van der Waals surface area contributed by atoms with Crippen LogP contribution in [0.1, 0.15) is 44.6 Å². The zero-order valence-corrected chi connectivity index (χ0v) is 14.5. The number of hydrogen-bond acceptors (Lipinski definition) is 6. The minimum absolute atomic E-state index is 0.216. The molecule has 3 rings (SSSR count). The monoisotopic (exact) mass is 417 g/mol. The number of ether oxygens (including phenoxy) is 1. The van der Waals surface area contributed by atoms with E-state index in [1.54, 1.807) is 0 Å². The summed E-state index contributed by atoms with van der Waals surface area (Å²) in [6, 6.07) is 0.437. The Balaban J connectivity index is 1.92. The van der Waals surface area contributed by atoms with Gasteiger partial charge >= 0.3 is 0 Å². The van der Waals surface area contributed by atoms with Crippen molar-refractivity contribution < 1.29 is 7.80 Å². The van der Waals surface area contributed by atoms with Crippen molar-refractivity contribution in [1.82, 2.24) is 19.5 Å². The minimum Gasteiger partial charge on any atom is -0.473 e. The third-order valence-corrected chi connectivity index (χ3v) is 4.46. The lowest BCUT2D eigenvalue weighted by Gasteiger charge is -2.16. The van der Waals surface area contributed by atoms with E-state index in [1.807, 2.05) is 29.3 Å². The molecule has 0 unspecified atom stereocenters. The van der Waals surface area contributed by atoms with Crippen LogP contribution < -0.4 is 10.5 Å². The second-order valence-electron chi connectivity index (χ2n) is 5.52. The Morgan fingerprint density at radius 2 is 1.95 bits per heavy atom. The Labute approximate surface area is 143 Å². The number of rotatable bonds is 5. The highest BCUT2D eigenvalue weighted by Crippen LogP contribution is 2.31. The number of fused-ring (bicyclic) bond motifs is 1. The molecule has 120 valence electrons. The molecular weight excluding hydrogens is 397 g/mol. The van der Waals surface area contributed by atoms with Crippen molar-refractivity contribution in [2.45, 2.75) is 44.6 Å². The summed E-state index contributed by atoms with van der Waals surface area (Å²) in [5.41, 5.74) is 7.28. The van der Waals surface area contributed by atoms with Crippen LogP contribution in [0.25, 0.3) is 11.2 Å². The summed E-state index contributed by atoms with van der Waals surface area (Å²) in [5, 5.41) is 0. The van der Waals surface area contributed by atoms with Crippen LogP contribution in [0.3, 0.4) is 0 Å². The number of aromatic nitrogens is 4. The normalized spacial score (nSPS) is 16.8. The van der Waals surface area contributed by atoms with Crippen LogP contribution in [0.15, 0.2) is 6.33 Å². The van der Waals surface area contributed by atoms with Crippen molar-refractivity contribution in [2.24, 2.45) is 0 Å². The van der Waals surface area contributed by atoms with Gasteiger partial charge in [0, 0.05) is 6.04 Å². The van der Waals surface area contributed by atoms with E-state index >= 15 is 0 Å². The molecule has 22 heavy (non-hydrogen) atoms. The lowest BCUT2D eigenvalue weighted by molar-refractivity contribution is 0.251. The summed E-state index contributed by atoms with van der Waals surface area (Å²) in [6.07, 6.45) is 9.29. The van der Waals surface area contributed by atoms with Crippen LogP contribution in [-0.4, -0.2) is 32.7 Å². The van der Waals surface area contributed by atoms with Gasteiger partial charge in [-0.2, -0.15) is 9.97 Å². The summed E-state index contributed by atoms with van der Waals surface area (Å²) >= 11 is 1.83. The molecule has 8 heteroatoms. The molecule has 2 aromatic rings. The quantitative estimate of drug-likeness (QED) is 0.457. The van der Waals surface area contributed by atoms with Crippen molar-refractivity contribution >= 4 is 40.1 Å². The summed E-state index contributed by atoms with van der Waals surface area (Å²) in [4.78, 5) is 13.0. The van der Waals surface area contributed by atoms with Gasteiger partial charge < -0.3 is 18.1 Å². The van der Waals surface area contributed by atoms with E-state index in [1.165, 1.54) is 25.7 Å². The molecule has 2 heterocycles. The van der Waals surface area contributed by atoms with Crippen LogP contribution >= 0.6 is 23.0 Å². The first-order valence-electron chi connectivity index (χ1n) is 7.66. The number of nitrogen functional groups attached to an aromatic ring is 1. The van der Waals surface area contributed by atoms with Crippen LogP contribution in [-0.2, 0) is 3.07 Å². The van der Waals surface area contributed by atoms with Gasteiger partial charge in [0.2, 0.25) is 11.8 Å². The molecule has 0 radical (unpaired) electrons. The smallest absolute Gasteiger partial charge is 0.247 e. The highest BCUT2D eigenvalue weighted by atomic mass is 127. The van der Waals surface area contributed by atoms with Gasteiger partial charge in [0.1, 0.15) is 29.6 Å². The first kappa shape index (κ1) is 15.7. The van der Waals surface area contributed by atoms with Gasteiger partial charge in [0.25, 0.3) is 0 Å². The molecule has 1 aliphatic rings. The fraction of sp³-hybridized carbons (Fsp3) is 0.643. The molecule has 1 aliphatic carbocycles. The molecule has 2 N–H and O–H groups in total. The number of halogens is 1. The largest absolute Gasteiger partial charge is 0.473 e. The second kappa shape index (κ2) is 7.40. The molecule has 0 atom stereocenters. The molecule has 0 amide bonds. The van der Waals surface area contributed by atoms with Gasteiger partial charge in [-0.25, -0.2) is 4.98 Å². The van der Waals surface area contributed by atoms with Gasteiger partial charge in [-0.3, -0.25) is 0 Å². The van der Waals surface area contributed by atoms with Crippen molar-refractivity contribution in [1.29, 1.82) is 0 Å². The fourth-order valence-corrected chi connectivity index (χ4v) is 3.16. The highest BCUT2D eigenvalue weighted by molar-refractivity contribution is 14.1. The maximum absolute atomic E-state index is 5.84. The molecule has 1 saturated carbocycles. The average Bonchev–Trinajstić information content (AvgIpc) is 2.75. The Kier molecular flexibility index (Phi) is 5.29. The molecule has 2 aromatic heterocycles. The lowest BCUT2D eigenvalue weighted by atomic mass is 10.1. The highest BCUT2D eigenvalue weighted by Gasteiger charge is 2.20. The fourth-order valence-electron chi connectivity index (χ4n) is 2.98. The summed E-state index contributed by atoms with van der Waals surface area (Å²) in [7, 11) is 0. The van der Waals surface area contributed by atoms with Crippen LogP contribution in [0.4, 0.5) is 5.95 Å². The van der Waals surface area contributed by atoms with Crippen molar-refractivity contribution in [3.05, 3.63) is 6.33 Å². The third kappa shape index (κ3) is 3.43. The van der Waals surface area contributed by atoms with E-state index in [9.17, 15) is 0 Å². The first-order chi connectivity index (χ1) is 10.8. The predicted octanol–water partition coefficient (Wildman–Crippen LogP) is 3.05. The molecule has 0 saturated heterocycles. The van der Waals surface area contributed by atoms with Crippen LogP contribution in [0.2, 0.25) is 0 Å². The van der Waals surface area contributed by atoms with Gasteiger partial charge in [-0.05, 0) is 12.8 Å². The molecule has 1 fully saturated rings.